The number of benzene rings is 1. The molecule has 1 heterocycles. The smallest absolute Gasteiger partial charge is 0.145 e. The Morgan fingerprint density at radius 1 is 1.05 bits per heavy atom. The molecule has 1 aromatic heterocycles. The number of anilines is 1. The molecule has 0 aliphatic rings. The minimum absolute atomic E-state index is 0.541. The second-order valence-corrected chi connectivity index (χ2v) is 5.29. The number of nitrogens with one attached hydrogen (secondary N) is 1. The molecule has 0 aliphatic heterocycles. The van der Waals surface area contributed by atoms with E-state index < -0.39 is 0 Å². The molecule has 100 valence electrons. The highest BCUT2D eigenvalue weighted by molar-refractivity contribution is 6.37. The average molecular weight is 295 g/mol. The van der Waals surface area contributed by atoms with Gasteiger partial charge < -0.3 is 5.32 Å². The van der Waals surface area contributed by atoms with E-state index >= 15 is 0 Å². The van der Waals surface area contributed by atoms with E-state index in [1.807, 2.05) is 13.0 Å². The lowest BCUT2D eigenvalue weighted by atomic mass is 10.0. The molecule has 0 aliphatic carbocycles. The molecule has 2 nitrogen and oxygen atoms in total. The Kier molecular flexibility index (Phi) is 4.33. The summed E-state index contributed by atoms with van der Waals surface area (Å²) in [7, 11) is 0. The predicted octanol–water partition coefficient (Wildman–Crippen LogP) is 5.10. The Morgan fingerprint density at radius 2 is 1.79 bits per heavy atom. The van der Waals surface area contributed by atoms with Crippen LogP contribution in [0.4, 0.5) is 5.82 Å². The molecule has 0 unspecified atom stereocenters. The first-order valence-electron chi connectivity index (χ1n) is 6.20. The Labute approximate surface area is 123 Å². The maximum atomic E-state index is 6.25. The van der Waals surface area contributed by atoms with Gasteiger partial charge in [-0.05, 0) is 44.0 Å². The van der Waals surface area contributed by atoms with Crippen LogP contribution in [0.3, 0.4) is 0 Å². The summed E-state index contributed by atoms with van der Waals surface area (Å²) in [6, 6.07) is 7.93. The zero-order valence-electron chi connectivity index (χ0n) is 11.2. The van der Waals surface area contributed by atoms with Crippen LogP contribution in [0.15, 0.2) is 24.3 Å². The lowest BCUT2D eigenvalue weighted by molar-refractivity contribution is 1.16. The Bertz CT molecular complexity index is 609. The number of pyridine rings is 1. The van der Waals surface area contributed by atoms with Crippen molar-refractivity contribution in [3.8, 4) is 11.3 Å². The second-order valence-electron chi connectivity index (χ2n) is 4.48. The molecule has 0 spiro atoms. The van der Waals surface area contributed by atoms with Crippen LogP contribution in [0, 0.1) is 13.8 Å². The molecule has 0 radical (unpaired) electrons. The number of nitrogens with zero attached hydrogens (tertiary/aromatic N) is 1. The third kappa shape index (κ3) is 3.02. The van der Waals surface area contributed by atoms with E-state index in [0.29, 0.717) is 15.9 Å². The van der Waals surface area contributed by atoms with Crippen molar-refractivity contribution >= 4 is 29.0 Å². The van der Waals surface area contributed by atoms with E-state index in [4.69, 9.17) is 23.2 Å². The number of hydrogen-bond donors (Lipinski definition) is 1. The fourth-order valence-corrected chi connectivity index (χ4v) is 2.38. The molecule has 4 heteroatoms. The van der Waals surface area contributed by atoms with Crippen molar-refractivity contribution in [3.05, 3.63) is 45.4 Å². The first-order valence-corrected chi connectivity index (χ1v) is 6.96. The largest absolute Gasteiger partial charge is 0.369 e. The van der Waals surface area contributed by atoms with Crippen LogP contribution < -0.4 is 5.32 Å². The second kappa shape index (κ2) is 5.81. The van der Waals surface area contributed by atoms with Crippen LogP contribution in [0.25, 0.3) is 11.3 Å². The van der Waals surface area contributed by atoms with Gasteiger partial charge in [0.2, 0.25) is 0 Å². The van der Waals surface area contributed by atoms with Crippen LogP contribution in [-0.4, -0.2) is 11.5 Å². The average Bonchev–Trinajstić information content (AvgIpc) is 2.36. The number of aryl methyl sites for hydroxylation is 2. The van der Waals surface area contributed by atoms with Gasteiger partial charge >= 0.3 is 0 Å². The van der Waals surface area contributed by atoms with Gasteiger partial charge in [0.05, 0.1) is 15.7 Å². The van der Waals surface area contributed by atoms with E-state index in [9.17, 15) is 0 Å². The van der Waals surface area contributed by atoms with Gasteiger partial charge in [-0.15, -0.1) is 0 Å². The van der Waals surface area contributed by atoms with E-state index in [0.717, 1.165) is 17.8 Å². The summed E-state index contributed by atoms with van der Waals surface area (Å²) in [5, 5.41) is 4.24. The molecule has 19 heavy (non-hydrogen) atoms. The maximum Gasteiger partial charge on any atom is 0.145 e. The molecule has 0 atom stereocenters. The monoisotopic (exact) mass is 294 g/mol. The lowest BCUT2D eigenvalue weighted by Gasteiger charge is -2.11. The zero-order valence-corrected chi connectivity index (χ0v) is 12.7. The number of rotatable bonds is 3. The van der Waals surface area contributed by atoms with Gasteiger partial charge in [-0.3, -0.25) is 0 Å². The van der Waals surface area contributed by atoms with Gasteiger partial charge in [0, 0.05) is 12.1 Å². The minimum Gasteiger partial charge on any atom is -0.369 e. The molecule has 2 rings (SSSR count). The molecule has 0 saturated carbocycles. The van der Waals surface area contributed by atoms with Crippen LogP contribution in [-0.2, 0) is 0 Å². The van der Waals surface area contributed by atoms with Crippen LogP contribution in [0.5, 0.6) is 0 Å². The van der Waals surface area contributed by atoms with E-state index in [1.54, 1.807) is 6.07 Å². The molecular formula is C15H16Cl2N2. The molecule has 1 aromatic carbocycles. The minimum atomic E-state index is 0.541. The first-order chi connectivity index (χ1) is 9.02. The van der Waals surface area contributed by atoms with Crippen molar-refractivity contribution < 1.29 is 0 Å². The molecule has 2 aromatic rings. The summed E-state index contributed by atoms with van der Waals surface area (Å²) in [4.78, 5) is 4.53. The summed E-state index contributed by atoms with van der Waals surface area (Å²) < 4.78 is 0. The molecular weight excluding hydrogens is 279 g/mol. The van der Waals surface area contributed by atoms with Gasteiger partial charge in [0.15, 0.2) is 0 Å². The summed E-state index contributed by atoms with van der Waals surface area (Å²) in [5.74, 6) is 0.668. The number of hydrogen-bond acceptors (Lipinski definition) is 2. The van der Waals surface area contributed by atoms with Crippen molar-refractivity contribution in [1.29, 1.82) is 0 Å². The summed E-state index contributed by atoms with van der Waals surface area (Å²) in [5.41, 5.74) is 4.23. The van der Waals surface area contributed by atoms with Gasteiger partial charge in [-0.25, -0.2) is 4.98 Å². The standard InChI is InChI=1S/C15H16Cl2N2/c1-4-18-15-13(17)8-12(16)14(19-15)11-6-5-9(2)10(3)7-11/h5-8H,4H2,1-3H3,(H,18,19). The van der Waals surface area contributed by atoms with E-state index in [-0.39, 0.29) is 0 Å². The lowest BCUT2D eigenvalue weighted by Crippen LogP contribution is -2.01. The van der Waals surface area contributed by atoms with Crippen molar-refractivity contribution in [3.63, 3.8) is 0 Å². The van der Waals surface area contributed by atoms with Crippen molar-refractivity contribution in [2.75, 3.05) is 11.9 Å². The van der Waals surface area contributed by atoms with E-state index in [1.165, 1.54) is 11.1 Å². The molecule has 0 amide bonds. The summed E-state index contributed by atoms with van der Waals surface area (Å²) >= 11 is 12.4. The molecule has 0 bridgehead atoms. The number of halogens is 2. The molecule has 0 saturated heterocycles. The third-order valence-electron chi connectivity index (χ3n) is 3.05. The van der Waals surface area contributed by atoms with Gasteiger partial charge in [-0.2, -0.15) is 0 Å². The molecule has 1 N–H and O–H groups in total. The number of aromatic nitrogens is 1. The molecule has 0 fully saturated rings. The third-order valence-corrected chi connectivity index (χ3v) is 3.63. The fraction of sp³-hybridized carbons (Fsp3) is 0.267. The maximum absolute atomic E-state index is 6.25. The van der Waals surface area contributed by atoms with Crippen molar-refractivity contribution in [2.45, 2.75) is 20.8 Å². The highest BCUT2D eigenvalue weighted by Gasteiger charge is 2.11. The topological polar surface area (TPSA) is 24.9 Å². The van der Waals surface area contributed by atoms with Gasteiger partial charge in [-0.1, -0.05) is 35.3 Å². The Balaban J connectivity index is 2.54. The van der Waals surface area contributed by atoms with Crippen LogP contribution in [0.1, 0.15) is 18.1 Å². The van der Waals surface area contributed by atoms with Crippen LogP contribution >= 0.6 is 23.2 Å². The van der Waals surface area contributed by atoms with E-state index in [2.05, 4.69) is 36.3 Å². The van der Waals surface area contributed by atoms with Crippen molar-refractivity contribution in [2.24, 2.45) is 0 Å². The van der Waals surface area contributed by atoms with Crippen molar-refractivity contribution in [1.82, 2.24) is 4.98 Å². The SMILES string of the molecule is CCNc1nc(-c2ccc(C)c(C)c2)c(Cl)cc1Cl. The normalized spacial score (nSPS) is 10.6. The zero-order chi connectivity index (χ0) is 14.0. The van der Waals surface area contributed by atoms with Gasteiger partial charge in [0.25, 0.3) is 0 Å². The first kappa shape index (κ1) is 14.2. The highest BCUT2D eigenvalue weighted by atomic mass is 35.5. The quantitative estimate of drug-likeness (QED) is 0.851. The predicted molar refractivity (Wildman–Crippen MR) is 83.3 cm³/mol. The van der Waals surface area contributed by atoms with Gasteiger partial charge in [0.1, 0.15) is 5.82 Å². The summed E-state index contributed by atoms with van der Waals surface area (Å²) in [6.07, 6.45) is 0. The Morgan fingerprint density at radius 3 is 2.42 bits per heavy atom. The van der Waals surface area contributed by atoms with Crippen LogP contribution in [0.2, 0.25) is 10.0 Å². The summed E-state index contributed by atoms with van der Waals surface area (Å²) in [6.45, 7) is 6.93. The Hall–Kier alpha value is -1.25. The fourth-order valence-electron chi connectivity index (χ4n) is 1.85. The highest BCUT2D eigenvalue weighted by Crippen LogP contribution is 2.33.